The minimum Gasteiger partial charge on any atom is -0.269 e. The molecule has 0 radical (unpaired) electrons. The summed E-state index contributed by atoms with van der Waals surface area (Å²) < 4.78 is 28.8. The van der Waals surface area contributed by atoms with Gasteiger partial charge >= 0.3 is 0 Å². The number of aromatic nitrogens is 2. The Kier molecular flexibility index (Phi) is 3.99. The van der Waals surface area contributed by atoms with Gasteiger partial charge in [0.15, 0.2) is 0 Å². The molecule has 1 heterocycles. The molecule has 1 N–H and O–H groups in total. The molecule has 0 aromatic carbocycles. The van der Waals surface area contributed by atoms with Crippen molar-refractivity contribution >= 4 is 10.0 Å². The number of nitrogens with zero attached hydrogens (tertiary/aromatic N) is 2. The number of nitrogens with one attached hydrogen (secondary N) is 1. The Morgan fingerprint density at radius 3 is 2.41 bits per heavy atom. The molecule has 98 valence electrons. The fourth-order valence-electron chi connectivity index (χ4n) is 1.50. The summed E-state index contributed by atoms with van der Waals surface area (Å²) in [5, 5.41) is 4.05. The van der Waals surface area contributed by atoms with E-state index in [9.17, 15) is 8.42 Å². The summed E-state index contributed by atoms with van der Waals surface area (Å²) in [4.78, 5) is 0.265. The van der Waals surface area contributed by atoms with Gasteiger partial charge in [-0.2, -0.15) is 5.10 Å². The molecule has 0 fully saturated rings. The van der Waals surface area contributed by atoms with Gasteiger partial charge in [-0.25, -0.2) is 13.1 Å². The normalized spacial score (nSPS) is 13.0. The second-order valence-electron chi connectivity index (χ2n) is 4.75. The van der Waals surface area contributed by atoms with Crippen molar-refractivity contribution < 1.29 is 8.42 Å². The molecule has 0 amide bonds. The van der Waals surface area contributed by atoms with Crippen molar-refractivity contribution in [3.05, 3.63) is 11.9 Å². The molecule has 0 aliphatic heterocycles. The second-order valence-corrected chi connectivity index (χ2v) is 6.40. The van der Waals surface area contributed by atoms with Crippen LogP contribution in [0.3, 0.4) is 0 Å². The Hall–Kier alpha value is -0.880. The monoisotopic (exact) mass is 259 g/mol. The van der Waals surface area contributed by atoms with Gasteiger partial charge in [-0.3, -0.25) is 4.68 Å². The molecule has 0 saturated heterocycles. The van der Waals surface area contributed by atoms with E-state index in [1.165, 1.54) is 6.20 Å². The third-order valence-electron chi connectivity index (χ3n) is 2.94. The van der Waals surface area contributed by atoms with Crippen molar-refractivity contribution in [1.82, 2.24) is 14.5 Å². The van der Waals surface area contributed by atoms with E-state index in [4.69, 9.17) is 0 Å². The molecule has 0 bridgehead atoms. The lowest BCUT2D eigenvalue weighted by molar-refractivity contribution is 0.439. The number of hydrogen-bond donors (Lipinski definition) is 1. The van der Waals surface area contributed by atoms with Gasteiger partial charge in [0.1, 0.15) is 4.90 Å². The number of sulfonamides is 1. The lowest BCUT2D eigenvalue weighted by atomic mass is 10.0. The van der Waals surface area contributed by atoms with Crippen LogP contribution in [-0.4, -0.2) is 23.7 Å². The third-order valence-corrected chi connectivity index (χ3v) is 4.74. The number of hydrogen-bond acceptors (Lipinski definition) is 3. The molecule has 0 aliphatic carbocycles. The lowest BCUT2D eigenvalue weighted by Crippen LogP contribution is -2.42. The Labute approximate surface area is 103 Å². The molecule has 0 saturated carbocycles. The van der Waals surface area contributed by atoms with Crippen LogP contribution >= 0.6 is 0 Å². The van der Waals surface area contributed by atoms with Gasteiger partial charge in [0.25, 0.3) is 0 Å². The zero-order valence-electron chi connectivity index (χ0n) is 11.1. The van der Waals surface area contributed by atoms with E-state index >= 15 is 0 Å². The molecule has 1 rings (SSSR count). The standard InChI is InChI=1S/C11H21N3O2S/c1-6-11(4,5)13-17(15,16)10-8-12-14(7-2)9(10)3/h8,13H,6-7H2,1-5H3. The maximum atomic E-state index is 12.2. The molecule has 6 heteroatoms. The first-order valence-electron chi connectivity index (χ1n) is 5.80. The SMILES string of the molecule is CCn1ncc(S(=O)(=O)NC(C)(C)CC)c1C. The van der Waals surface area contributed by atoms with Crippen molar-refractivity contribution in [2.24, 2.45) is 0 Å². The van der Waals surface area contributed by atoms with Crippen molar-refractivity contribution in [2.45, 2.75) is 58.0 Å². The molecule has 5 nitrogen and oxygen atoms in total. The highest BCUT2D eigenvalue weighted by Crippen LogP contribution is 2.18. The van der Waals surface area contributed by atoms with Gasteiger partial charge in [0.05, 0.1) is 11.9 Å². The van der Waals surface area contributed by atoms with Crippen LogP contribution in [0.1, 0.15) is 39.8 Å². The first-order valence-corrected chi connectivity index (χ1v) is 7.28. The summed E-state index contributed by atoms with van der Waals surface area (Å²) in [6.45, 7) is 10.0. The first-order chi connectivity index (χ1) is 7.73. The maximum Gasteiger partial charge on any atom is 0.244 e. The van der Waals surface area contributed by atoms with Crippen molar-refractivity contribution in [3.8, 4) is 0 Å². The van der Waals surface area contributed by atoms with E-state index in [1.54, 1.807) is 11.6 Å². The molecule has 17 heavy (non-hydrogen) atoms. The Balaban J connectivity index is 3.10. The molecule has 0 atom stereocenters. The molecular formula is C11H21N3O2S. The van der Waals surface area contributed by atoms with E-state index in [-0.39, 0.29) is 4.90 Å². The summed E-state index contributed by atoms with van der Waals surface area (Å²) >= 11 is 0. The summed E-state index contributed by atoms with van der Waals surface area (Å²) in [5.74, 6) is 0. The van der Waals surface area contributed by atoms with Gasteiger partial charge in [-0.05, 0) is 34.1 Å². The quantitative estimate of drug-likeness (QED) is 0.875. The summed E-state index contributed by atoms with van der Waals surface area (Å²) in [6.07, 6.45) is 2.14. The molecule has 1 aromatic heterocycles. The molecule has 0 unspecified atom stereocenters. The minimum absolute atomic E-state index is 0.265. The average molecular weight is 259 g/mol. The van der Waals surface area contributed by atoms with Crippen molar-refractivity contribution in [1.29, 1.82) is 0 Å². The number of rotatable bonds is 5. The van der Waals surface area contributed by atoms with Crippen LogP contribution in [0.15, 0.2) is 11.1 Å². The summed E-state index contributed by atoms with van der Waals surface area (Å²) in [5.41, 5.74) is 0.228. The van der Waals surface area contributed by atoms with E-state index in [0.717, 1.165) is 6.42 Å². The van der Waals surface area contributed by atoms with Crippen LogP contribution in [0.5, 0.6) is 0 Å². The first kappa shape index (κ1) is 14.2. The van der Waals surface area contributed by atoms with Gasteiger partial charge in [-0.1, -0.05) is 6.92 Å². The van der Waals surface area contributed by atoms with E-state index < -0.39 is 15.6 Å². The largest absolute Gasteiger partial charge is 0.269 e. The van der Waals surface area contributed by atoms with Gasteiger partial charge in [-0.15, -0.1) is 0 Å². The lowest BCUT2D eigenvalue weighted by Gasteiger charge is -2.23. The molecule has 1 aromatic rings. The van der Waals surface area contributed by atoms with Crippen LogP contribution in [-0.2, 0) is 16.6 Å². The Morgan fingerprint density at radius 2 is 2.00 bits per heavy atom. The van der Waals surface area contributed by atoms with Crippen molar-refractivity contribution in [2.75, 3.05) is 0 Å². The molecule has 0 spiro atoms. The highest BCUT2D eigenvalue weighted by atomic mass is 32.2. The fourth-order valence-corrected chi connectivity index (χ4v) is 3.16. The summed E-state index contributed by atoms with van der Waals surface area (Å²) in [7, 11) is -3.48. The highest BCUT2D eigenvalue weighted by Gasteiger charge is 2.27. The second kappa shape index (κ2) is 4.78. The maximum absolute atomic E-state index is 12.2. The van der Waals surface area contributed by atoms with E-state index in [2.05, 4.69) is 9.82 Å². The van der Waals surface area contributed by atoms with Crippen LogP contribution in [0.4, 0.5) is 0 Å². The highest BCUT2D eigenvalue weighted by molar-refractivity contribution is 7.89. The minimum atomic E-state index is -3.48. The van der Waals surface area contributed by atoms with E-state index in [0.29, 0.717) is 12.2 Å². The molecular weight excluding hydrogens is 238 g/mol. The Morgan fingerprint density at radius 1 is 1.41 bits per heavy atom. The predicted octanol–water partition coefficient (Wildman–Crippen LogP) is 1.68. The third kappa shape index (κ3) is 3.07. The smallest absolute Gasteiger partial charge is 0.244 e. The van der Waals surface area contributed by atoms with Gasteiger partial charge in [0.2, 0.25) is 10.0 Å². The predicted molar refractivity (Wildman–Crippen MR) is 67.3 cm³/mol. The zero-order chi connectivity index (χ0) is 13.3. The van der Waals surface area contributed by atoms with Crippen LogP contribution in [0.2, 0.25) is 0 Å². The summed E-state index contributed by atoms with van der Waals surface area (Å²) in [6, 6.07) is 0. The van der Waals surface area contributed by atoms with Crippen LogP contribution < -0.4 is 4.72 Å². The van der Waals surface area contributed by atoms with Crippen LogP contribution in [0.25, 0.3) is 0 Å². The average Bonchev–Trinajstić information content (AvgIpc) is 2.58. The van der Waals surface area contributed by atoms with Gasteiger partial charge in [0, 0.05) is 12.1 Å². The van der Waals surface area contributed by atoms with Crippen molar-refractivity contribution in [3.63, 3.8) is 0 Å². The fraction of sp³-hybridized carbons (Fsp3) is 0.727. The zero-order valence-corrected chi connectivity index (χ0v) is 11.9. The molecule has 0 aliphatic rings. The van der Waals surface area contributed by atoms with E-state index in [1.807, 2.05) is 27.7 Å². The topological polar surface area (TPSA) is 64.0 Å². The van der Waals surface area contributed by atoms with Gasteiger partial charge < -0.3 is 0 Å². The number of aryl methyl sites for hydroxylation is 1. The van der Waals surface area contributed by atoms with Crippen LogP contribution in [0, 0.1) is 6.92 Å². The Bertz CT molecular complexity index is 489.